The number of aliphatic hydroxyl groups is 1. The van der Waals surface area contributed by atoms with Crippen LogP contribution in [0, 0.1) is 0 Å². The van der Waals surface area contributed by atoms with Crippen molar-refractivity contribution in [3.8, 4) is 22.3 Å². The molecule has 4 aliphatic rings. The third kappa shape index (κ3) is 3.37. The number of carbonyl (C=O) groups excluding carboxylic acids is 1. The molecule has 2 bridgehead atoms. The van der Waals surface area contributed by atoms with Gasteiger partial charge in [0.2, 0.25) is 0 Å². The highest BCUT2D eigenvalue weighted by molar-refractivity contribution is 5.80. The number of ether oxygens (including phenoxy) is 1. The van der Waals surface area contributed by atoms with Crippen molar-refractivity contribution in [3.63, 3.8) is 0 Å². The van der Waals surface area contributed by atoms with E-state index in [1.807, 2.05) is 4.90 Å². The van der Waals surface area contributed by atoms with Crippen LogP contribution in [0.1, 0.15) is 59.8 Å². The van der Waals surface area contributed by atoms with E-state index < -0.39 is 5.60 Å². The molecule has 1 N–H and O–H groups in total. The number of nitrogens with zero attached hydrogens (tertiary/aromatic N) is 1. The summed E-state index contributed by atoms with van der Waals surface area (Å²) in [6, 6.07) is 33.8. The highest BCUT2D eigenvalue weighted by atomic mass is 16.6. The van der Waals surface area contributed by atoms with E-state index in [1.165, 1.54) is 44.5 Å². The predicted molar refractivity (Wildman–Crippen MR) is 152 cm³/mol. The summed E-state index contributed by atoms with van der Waals surface area (Å²) in [5.41, 5.74) is 8.86. The molecule has 2 aliphatic carbocycles. The lowest BCUT2D eigenvalue weighted by atomic mass is 9.72. The molecule has 194 valence electrons. The monoisotopic (exact) mass is 513 g/mol. The summed E-state index contributed by atoms with van der Waals surface area (Å²) in [7, 11) is 0. The zero-order valence-electron chi connectivity index (χ0n) is 21.8. The van der Waals surface area contributed by atoms with Gasteiger partial charge in [0, 0.05) is 23.9 Å². The molecule has 0 aromatic heterocycles. The Balaban J connectivity index is 1.04. The van der Waals surface area contributed by atoms with Crippen molar-refractivity contribution in [2.75, 3.05) is 6.61 Å². The van der Waals surface area contributed by atoms with E-state index in [2.05, 4.69) is 97.1 Å². The van der Waals surface area contributed by atoms with Gasteiger partial charge in [0.05, 0.1) is 5.60 Å². The first-order valence-corrected chi connectivity index (χ1v) is 14.2. The van der Waals surface area contributed by atoms with Gasteiger partial charge >= 0.3 is 6.09 Å². The number of rotatable bonds is 3. The number of fused-ring (bicyclic) bond motifs is 8. The summed E-state index contributed by atoms with van der Waals surface area (Å²) in [6.07, 6.45) is 2.72. The van der Waals surface area contributed by atoms with Crippen LogP contribution in [0.2, 0.25) is 0 Å². The van der Waals surface area contributed by atoms with E-state index in [0.29, 0.717) is 19.4 Å². The zero-order chi connectivity index (χ0) is 26.1. The first-order valence-electron chi connectivity index (χ1n) is 14.2. The SMILES string of the molecule is O=C(OCC1c2ccccc2-c2ccccc21)N1C2CCC1CC(O)(C1c3ccccc3-c3ccccc31)C2. The molecule has 39 heavy (non-hydrogen) atoms. The van der Waals surface area contributed by atoms with E-state index in [0.717, 1.165) is 12.8 Å². The van der Waals surface area contributed by atoms with E-state index in [4.69, 9.17) is 4.74 Å². The topological polar surface area (TPSA) is 49.8 Å². The van der Waals surface area contributed by atoms with Gasteiger partial charge in [0.25, 0.3) is 0 Å². The summed E-state index contributed by atoms with van der Waals surface area (Å²) in [4.78, 5) is 15.5. The van der Waals surface area contributed by atoms with Crippen LogP contribution in [0.3, 0.4) is 0 Å². The third-order valence-corrected chi connectivity index (χ3v) is 9.72. The third-order valence-electron chi connectivity index (χ3n) is 9.72. The summed E-state index contributed by atoms with van der Waals surface area (Å²) < 4.78 is 6.07. The van der Waals surface area contributed by atoms with Gasteiger partial charge in [0.15, 0.2) is 0 Å². The minimum Gasteiger partial charge on any atom is -0.448 e. The maximum atomic E-state index is 13.6. The zero-order valence-corrected chi connectivity index (χ0v) is 21.8. The minimum absolute atomic E-state index is 0.00988. The molecule has 2 fully saturated rings. The molecule has 0 radical (unpaired) electrons. The molecule has 0 spiro atoms. The Bertz CT molecular complexity index is 1500. The smallest absolute Gasteiger partial charge is 0.410 e. The average molecular weight is 514 g/mol. The first-order chi connectivity index (χ1) is 19.1. The Morgan fingerprint density at radius 1 is 0.692 bits per heavy atom. The second-order valence-corrected chi connectivity index (χ2v) is 11.7. The maximum absolute atomic E-state index is 13.6. The molecule has 8 rings (SSSR count). The van der Waals surface area contributed by atoms with E-state index in [-0.39, 0.29) is 30.0 Å². The Morgan fingerprint density at radius 2 is 1.10 bits per heavy atom. The lowest BCUT2D eigenvalue weighted by Gasteiger charge is -2.46. The van der Waals surface area contributed by atoms with Crippen LogP contribution in [-0.4, -0.2) is 40.4 Å². The van der Waals surface area contributed by atoms with Gasteiger partial charge in [-0.05, 0) is 70.2 Å². The van der Waals surface area contributed by atoms with Crippen LogP contribution in [-0.2, 0) is 4.74 Å². The summed E-state index contributed by atoms with van der Waals surface area (Å²) in [5, 5.41) is 12.3. The minimum atomic E-state index is -0.894. The van der Waals surface area contributed by atoms with Crippen LogP contribution in [0.15, 0.2) is 97.1 Å². The number of carbonyl (C=O) groups is 1. The number of benzene rings is 4. The quantitative estimate of drug-likeness (QED) is 0.318. The fourth-order valence-corrected chi connectivity index (χ4v) is 8.20. The van der Waals surface area contributed by atoms with E-state index in [9.17, 15) is 9.90 Å². The van der Waals surface area contributed by atoms with Gasteiger partial charge in [-0.3, -0.25) is 0 Å². The largest absolute Gasteiger partial charge is 0.448 e. The highest BCUT2D eigenvalue weighted by Crippen LogP contribution is 2.55. The second-order valence-electron chi connectivity index (χ2n) is 11.7. The normalized spacial score (nSPS) is 24.7. The van der Waals surface area contributed by atoms with Gasteiger partial charge in [-0.15, -0.1) is 0 Å². The molecule has 4 aromatic carbocycles. The van der Waals surface area contributed by atoms with Gasteiger partial charge in [-0.25, -0.2) is 4.79 Å². The van der Waals surface area contributed by atoms with Gasteiger partial charge in [0.1, 0.15) is 6.61 Å². The van der Waals surface area contributed by atoms with Crippen molar-refractivity contribution < 1.29 is 14.6 Å². The first kappa shape index (κ1) is 23.0. The number of hydrogen-bond acceptors (Lipinski definition) is 3. The van der Waals surface area contributed by atoms with Crippen molar-refractivity contribution in [1.82, 2.24) is 4.90 Å². The lowest BCUT2D eigenvalue weighted by molar-refractivity contribution is -0.0580. The highest BCUT2D eigenvalue weighted by Gasteiger charge is 2.55. The fraction of sp³-hybridized carbons (Fsp3) is 0.286. The molecule has 2 aliphatic heterocycles. The molecular weight excluding hydrogens is 482 g/mol. The maximum Gasteiger partial charge on any atom is 0.410 e. The van der Waals surface area contributed by atoms with Gasteiger partial charge in [-0.1, -0.05) is 97.1 Å². The molecule has 4 heteroatoms. The number of piperidine rings is 1. The Hall–Kier alpha value is -3.89. The Morgan fingerprint density at radius 3 is 1.59 bits per heavy atom. The molecule has 4 aromatic rings. The summed E-state index contributed by atoms with van der Waals surface area (Å²) in [6.45, 7) is 0.330. The van der Waals surface area contributed by atoms with Crippen molar-refractivity contribution >= 4 is 6.09 Å². The Kier molecular flexibility index (Phi) is 5.05. The number of hydrogen-bond donors (Lipinski definition) is 1. The van der Waals surface area contributed by atoms with Crippen LogP contribution in [0.5, 0.6) is 0 Å². The lowest BCUT2D eigenvalue weighted by Crippen LogP contribution is -2.55. The van der Waals surface area contributed by atoms with E-state index in [1.54, 1.807) is 0 Å². The van der Waals surface area contributed by atoms with Crippen molar-refractivity contribution in [3.05, 3.63) is 119 Å². The standard InChI is InChI=1S/C35H31NO3/c37-34(39-21-32-28-13-3-1-9-24(28)25-10-2-4-14-29(25)32)36-22-17-18-23(36)20-35(38,19-22)33-30-15-7-5-11-26(30)27-12-6-8-16-31(27)33/h1-16,22-23,32-33,38H,17-21H2. The summed E-state index contributed by atoms with van der Waals surface area (Å²) in [5.74, 6) is -0.0233. The molecule has 2 heterocycles. The van der Waals surface area contributed by atoms with Crippen LogP contribution < -0.4 is 0 Å². The van der Waals surface area contributed by atoms with Crippen molar-refractivity contribution in [2.45, 2.75) is 55.2 Å². The molecule has 2 atom stereocenters. The van der Waals surface area contributed by atoms with Gasteiger partial charge in [-0.2, -0.15) is 0 Å². The number of amides is 1. The van der Waals surface area contributed by atoms with Crippen LogP contribution >= 0.6 is 0 Å². The van der Waals surface area contributed by atoms with Crippen molar-refractivity contribution in [1.29, 1.82) is 0 Å². The summed E-state index contributed by atoms with van der Waals surface area (Å²) >= 11 is 0. The van der Waals surface area contributed by atoms with E-state index >= 15 is 0 Å². The molecule has 4 nitrogen and oxygen atoms in total. The van der Waals surface area contributed by atoms with Crippen LogP contribution in [0.4, 0.5) is 4.79 Å². The fourth-order valence-electron chi connectivity index (χ4n) is 8.20. The molecule has 2 unspecified atom stereocenters. The van der Waals surface area contributed by atoms with Crippen molar-refractivity contribution in [2.24, 2.45) is 0 Å². The predicted octanol–water partition coefficient (Wildman–Crippen LogP) is 7.11. The molecule has 1 amide bonds. The molecule has 2 saturated heterocycles. The van der Waals surface area contributed by atoms with Gasteiger partial charge < -0.3 is 14.7 Å². The molecular formula is C35H31NO3. The molecule has 0 saturated carbocycles. The second kappa shape index (κ2) is 8.56. The Labute approximate surface area is 228 Å². The average Bonchev–Trinajstić information content (AvgIpc) is 3.58. The van der Waals surface area contributed by atoms with Crippen LogP contribution in [0.25, 0.3) is 22.3 Å².